The highest BCUT2D eigenvalue weighted by Crippen LogP contribution is 2.38. The van der Waals surface area contributed by atoms with Crippen LogP contribution in [0.5, 0.6) is 0 Å². The third-order valence-electron chi connectivity index (χ3n) is 6.08. The number of fused-ring (bicyclic) bond motifs is 5. The summed E-state index contributed by atoms with van der Waals surface area (Å²) in [6.07, 6.45) is 1.79. The molecule has 5 heterocycles. The van der Waals surface area contributed by atoms with Crippen LogP contribution in [-0.4, -0.2) is 46.9 Å². The molecule has 1 amide bonds. The number of rotatable bonds is 3. The molecule has 150 valence electrons. The Hall–Kier alpha value is -2.16. The van der Waals surface area contributed by atoms with Gasteiger partial charge in [0.25, 0.3) is 11.5 Å². The van der Waals surface area contributed by atoms with Crippen LogP contribution >= 0.6 is 12.4 Å². The maximum absolute atomic E-state index is 12.7. The number of hydrogen-bond donors (Lipinski definition) is 3. The second-order valence-corrected chi connectivity index (χ2v) is 7.62. The fourth-order valence-electron chi connectivity index (χ4n) is 4.75. The quantitative estimate of drug-likeness (QED) is 0.699. The second-order valence-electron chi connectivity index (χ2n) is 7.62. The molecule has 0 aliphatic carbocycles. The molecule has 2 aromatic heterocycles. The van der Waals surface area contributed by atoms with Crippen molar-refractivity contribution in [3.8, 4) is 0 Å². The van der Waals surface area contributed by atoms with Crippen LogP contribution in [0.25, 0.3) is 0 Å². The van der Waals surface area contributed by atoms with Gasteiger partial charge < -0.3 is 19.9 Å². The lowest BCUT2D eigenvalue weighted by molar-refractivity contribution is 0.0906. The summed E-state index contributed by atoms with van der Waals surface area (Å²) in [6, 6.07) is 5.42. The number of aromatic nitrogens is 3. The maximum atomic E-state index is 12.7. The fraction of sp³-hybridized carbons (Fsp3) is 0.526. The minimum Gasteiger partial charge on any atom is -0.376 e. The average Bonchev–Trinajstić information content (AvgIpc) is 3.13. The van der Waals surface area contributed by atoms with Crippen molar-refractivity contribution in [2.75, 3.05) is 26.2 Å². The van der Waals surface area contributed by atoms with Gasteiger partial charge in [-0.3, -0.25) is 14.7 Å². The number of piperidine rings is 1. The van der Waals surface area contributed by atoms with E-state index in [1.807, 2.05) is 16.7 Å². The Morgan fingerprint density at radius 3 is 3.14 bits per heavy atom. The molecule has 3 atom stereocenters. The Labute approximate surface area is 168 Å². The summed E-state index contributed by atoms with van der Waals surface area (Å²) < 4.78 is 7.35. The molecular weight excluding hydrogens is 382 g/mol. The molecule has 0 saturated carbocycles. The maximum Gasteiger partial charge on any atom is 0.272 e. The zero-order valence-corrected chi connectivity index (χ0v) is 16.3. The molecule has 3 N–H and O–H groups in total. The lowest BCUT2D eigenvalue weighted by Crippen LogP contribution is -2.50. The predicted molar refractivity (Wildman–Crippen MR) is 105 cm³/mol. The van der Waals surface area contributed by atoms with E-state index in [1.165, 1.54) is 0 Å². The highest BCUT2D eigenvalue weighted by molar-refractivity contribution is 5.94. The zero-order valence-electron chi connectivity index (χ0n) is 15.4. The highest BCUT2D eigenvalue weighted by atomic mass is 35.5. The van der Waals surface area contributed by atoms with Crippen LogP contribution in [0.1, 0.15) is 45.8 Å². The third kappa shape index (κ3) is 3.15. The number of pyridine rings is 1. The van der Waals surface area contributed by atoms with Crippen molar-refractivity contribution in [3.63, 3.8) is 0 Å². The summed E-state index contributed by atoms with van der Waals surface area (Å²) >= 11 is 0. The Morgan fingerprint density at radius 1 is 1.36 bits per heavy atom. The number of carbonyl (C=O) groups is 1. The summed E-state index contributed by atoms with van der Waals surface area (Å²) in [5, 5.41) is 13.6. The first-order valence-electron chi connectivity index (χ1n) is 9.56. The van der Waals surface area contributed by atoms with E-state index in [4.69, 9.17) is 4.74 Å². The van der Waals surface area contributed by atoms with Crippen molar-refractivity contribution < 1.29 is 9.53 Å². The van der Waals surface area contributed by atoms with Gasteiger partial charge in [-0.15, -0.1) is 12.4 Å². The van der Waals surface area contributed by atoms with E-state index in [0.717, 1.165) is 42.9 Å². The van der Waals surface area contributed by atoms with Crippen molar-refractivity contribution in [1.82, 2.24) is 25.4 Å². The van der Waals surface area contributed by atoms with Crippen LogP contribution in [0.3, 0.4) is 0 Å². The van der Waals surface area contributed by atoms with Gasteiger partial charge in [-0.1, -0.05) is 6.07 Å². The molecule has 1 fully saturated rings. The largest absolute Gasteiger partial charge is 0.376 e. The summed E-state index contributed by atoms with van der Waals surface area (Å²) in [5.41, 5.74) is 3.30. The van der Waals surface area contributed by atoms with Crippen molar-refractivity contribution in [3.05, 3.63) is 51.2 Å². The second kappa shape index (κ2) is 7.69. The topological polar surface area (TPSA) is 101 Å². The molecular formula is C19H24ClN5O3. The van der Waals surface area contributed by atoms with Crippen molar-refractivity contribution in [2.45, 2.75) is 31.4 Å². The van der Waals surface area contributed by atoms with Crippen molar-refractivity contribution in [1.29, 1.82) is 0 Å². The molecule has 1 saturated heterocycles. The minimum absolute atomic E-state index is 0. The van der Waals surface area contributed by atoms with Crippen LogP contribution in [0.15, 0.2) is 23.0 Å². The van der Waals surface area contributed by atoms with Crippen LogP contribution in [0.2, 0.25) is 0 Å². The Morgan fingerprint density at radius 2 is 2.25 bits per heavy atom. The third-order valence-corrected chi connectivity index (χ3v) is 6.08. The molecule has 0 aromatic carbocycles. The molecule has 3 aliphatic rings. The monoisotopic (exact) mass is 405 g/mol. The molecule has 2 aromatic rings. The van der Waals surface area contributed by atoms with E-state index >= 15 is 0 Å². The first-order chi connectivity index (χ1) is 13.2. The van der Waals surface area contributed by atoms with E-state index in [9.17, 15) is 9.59 Å². The van der Waals surface area contributed by atoms with Crippen LogP contribution in [-0.2, 0) is 17.8 Å². The van der Waals surface area contributed by atoms with Gasteiger partial charge in [0.2, 0.25) is 0 Å². The lowest BCUT2D eigenvalue weighted by atomic mass is 9.79. The molecule has 9 heteroatoms. The number of nitrogens with one attached hydrogen (secondary N) is 3. The molecule has 0 spiro atoms. The molecule has 8 nitrogen and oxygen atoms in total. The summed E-state index contributed by atoms with van der Waals surface area (Å²) in [5.74, 6) is 0.475. The van der Waals surface area contributed by atoms with Crippen LogP contribution in [0, 0.1) is 5.92 Å². The average molecular weight is 406 g/mol. The molecule has 0 unspecified atom stereocenters. The SMILES string of the molecule is Cl.O=C(NC[C@H]1[C@@H]2CNC[C@@H](C2)c2cccc(=O)n21)c1n[nH]c2c1COCC2. The van der Waals surface area contributed by atoms with E-state index < -0.39 is 0 Å². The van der Waals surface area contributed by atoms with Crippen molar-refractivity contribution >= 4 is 18.3 Å². The van der Waals surface area contributed by atoms with Crippen LogP contribution in [0.4, 0.5) is 0 Å². The molecule has 2 bridgehead atoms. The number of halogens is 1. The number of H-pyrrole nitrogens is 1. The number of aromatic amines is 1. The molecule has 5 rings (SSSR count). The number of ether oxygens (including phenoxy) is 1. The van der Waals surface area contributed by atoms with E-state index in [0.29, 0.717) is 37.3 Å². The normalized spacial score (nSPS) is 25.2. The number of carbonyl (C=O) groups excluding carboxylic acids is 1. The van der Waals surface area contributed by atoms with Gasteiger partial charge in [0.1, 0.15) is 0 Å². The lowest BCUT2D eigenvalue weighted by Gasteiger charge is -2.43. The molecule has 0 radical (unpaired) electrons. The highest BCUT2D eigenvalue weighted by Gasteiger charge is 2.38. The Balaban J connectivity index is 0.00000192. The summed E-state index contributed by atoms with van der Waals surface area (Å²) in [4.78, 5) is 25.3. The van der Waals surface area contributed by atoms with Gasteiger partial charge >= 0.3 is 0 Å². The fourth-order valence-corrected chi connectivity index (χ4v) is 4.75. The molecule has 28 heavy (non-hydrogen) atoms. The molecule has 3 aliphatic heterocycles. The summed E-state index contributed by atoms with van der Waals surface area (Å²) in [7, 11) is 0. The Bertz CT molecular complexity index is 940. The van der Waals surface area contributed by atoms with Gasteiger partial charge in [-0.25, -0.2) is 0 Å². The van der Waals surface area contributed by atoms with Gasteiger partial charge in [-0.2, -0.15) is 5.10 Å². The van der Waals surface area contributed by atoms with E-state index in [-0.39, 0.29) is 29.9 Å². The zero-order chi connectivity index (χ0) is 18.4. The number of nitrogens with zero attached hydrogens (tertiary/aromatic N) is 2. The number of amides is 1. The van der Waals surface area contributed by atoms with E-state index in [1.54, 1.807) is 6.07 Å². The standard InChI is InChI=1S/C19H23N5O3.ClH/c25-17-3-1-2-15-11-6-12(8-20-7-11)16(24(15)17)9-21-19(26)18-13-10-27-5-4-14(13)22-23-18;/h1-3,11-12,16,20H,4-10H2,(H,21,26)(H,22,23);1H/t11-,12+,16+;/m1./s1. The minimum atomic E-state index is -0.213. The van der Waals surface area contributed by atoms with Gasteiger partial charge in [-0.05, 0) is 18.4 Å². The summed E-state index contributed by atoms with van der Waals surface area (Å²) in [6.45, 7) is 3.24. The Kier molecular flexibility index (Phi) is 5.27. The predicted octanol–water partition coefficient (Wildman–Crippen LogP) is 0.744. The first-order valence-corrected chi connectivity index (χ1v) is 9.56. The first kappa shape index (κ1) is 19.2. The van der Waals surface area contributed by atoms with E-state index in [2.05, 4.69) is 20.8 Å². The van der Waals surface area contributed by atoms with Gasteiger partial charge in [0.05, 0.1) is 19.3 Å². The van der Waals surface area contributed by atoms with Gasteiger partial charge in [0.15, 0.2) is 5.69 Å². The van der Waals surface area contributed by atoms with Crippen LogP contribution < -0.4 is 16.2 Å². The smallest absolute Gasteiger partial charge is 0.272 e. The van der Waals surface area contributed by atoms with Gasteiger partial charge in [0, 0.05) is 55.0 Å². The number of hydrogen-bond acceptors (Lipinski definition) is 5. The van der Waals surface area contributed by atoms with Crippen molar-refractivity contribution in [2.24, 2.45) is 5.92 Å².